The van der Waals surface area contributed by atoms with Crippen LogP contribution < -0.4 is 10.5 Å². The van der Waals surface area contributed by atoms with Gasteiger partial charge in [0.2, 0.25) is 0 Å². The molecule has 0 heterocycles. The standard InChI is InChI=1S/C17H21NO2.ClH/c1-12-10-14(8-9-16(12)20-2)17(18)15(19)11-13-6-4-3-5-7-13;/h3-10,15,17,19H,11,18H2,1-2H3;1H/t15-,17+;/m1./s1. The molecule has 4 heteroatoms. The van der Waals surface area contributed by atoms with Crippen molar-refractivity contribution in [3.63, 3.8) is 0 Å². The van der Waals surface area contributed by atoms with Gasteiger partial charge >= 0.3 is 0 Å². The van der Waals surface area contributed by atoms with Crippen LogP contribution >= 0.6 is 12.4 Å². The minimum Gasteiger partial charge on any atom is -0.496 e. The zero-order valence-corrected chi connectivity index (χ0v) is 13.1. The molecule has 0 fully saturated rings. The summed E-state index contributed by atoms with van der Waals surface area (Å²) in [5.41, 5.74) is 9.18. The smallest absolute Gasteiger partial charge is 0.121 e. The predicted octanol–water partition coefficient (Wildman–Crippen LogP) is 3.03. The number of benzene rings is 2. The second kappa shape index (κ2) is 8.03. The van der Waals surface area contributed by atoms with E-state index in [4.69, 9.17) is 10.5 Å². The van der Waals surface area contributed by atoms with Crippen LogP contribution in [-0.2, 0) is 6.42 Å². The summed E-state index contributed by atoms with van der Waals surface area (Å²) in [6.45, 7) is 1.97. The molecule has 3 N–H and O–H groups in total. The van der Waals surface area contributed by atoms with Gasteiger partial charge in [0, 0.05) is 6.42 Å². The first-order chi connectivity index (χ1) is 9.61. The molecule has 2 atom stereocenters. The fourth-order valence-corrected chi connectivity index (χ4v) is 2.31. The molecule has 0 bridgehead atoms. The van der Waals surface area contributed by atoms with Crippen molar-refractivity contribution >= 4 is 12.4 Å². The maximum absolute atomic E-state index is 10.3. The molecular formula is C17H22ClNO2. The number of halogens is 1. The maximum Gasteiger partial charge on any atom is 0.121 e. The summed E-state index contributed by atoms with van der Waals surface area (Å²) in [7, 11) is 1.65. The molecule has 0 aliphatic rings. The van der Waals surface area contributed by atoms with E-state index in [0.717, 1.165) is 22.4 Å². The van der Waals surface area contributed by atoms with Crippen molar-refractivity contribution < 1.29 is 9.84 Å². The van der Waals surface area contributed by atoms with Crippen molar-refractivity contribution in [2.24, 2.45) is 5.73 Å². The molecule has 0 saturated carbocycles. The topological polar surface area (TPSA) is 55.5 Å². The lowest BCUT2D eigenvalue weighted by Gasteiger charge is -2.20. The monoisotopic (exact) mass is 307 g/mol. The van der Waals surface area contributed by atoms with E-state index in [0.29, 0.717) is 6.42 Å². The molecule has 0 aliphatic carbocycles. The number of ether oxygens (including phenoxy) is 1. The van der Waals surface area contributed by atoms with E-state index in [9.17, 15) is 5.11 Å². The van der Waals surface area contributed by atoms with Crippen LogP contribution in [0.15, 0.2) is 48.5 Å². The third-order valence-electron chi connectivity index (χ3n) is 3.51. The first kappa shape index (κ1) is 17.5. The Labute approximate surface area is 132 Å². The van der Waals surface area contributed by atoms with Crippen molar-refractivity contribution in [3.05, 3.63) is 65.2 Å². The third kappa shape index (κ3) is 4.46. The highest BCUT2D eigenvalue weighted by Crippen LogP contribution is 2.24. The van der Waals surface area contributed by atoms with Crippen LogP contribution in [0.2, 0.25) is 0 Å². The van der Waals surface area contributed by atoms with Crippen LogP contribution in [0.1, 0.15) is 22.7 Å². The highest BCUT2D eigenvalue weighted by atomic mass is 35.5. The van der Waals surface area contributed by atoms with Crippen molar-refractivity contribution in [2.75, 3.05) is 7.11 Å². The number of methoxy groups -OCH3 is 1. The molecule has 21 heavy (non-hydrogen) atoms. The van der Waals surface area contributed by atoms with E-state index >= 15 is 0 Å². The highest BCUT2D eigenvalue weighted by Gasteiger charge is 2.18. The lowest BCUT2D eigenvalue weighted by atomic mass is 9.95. The lowest BCUT2D eigenvalue weighted by molar-refractivity contribution is 0.145. The predicted molar refractivity (Wildman–Crippen MR) is 88.1 cm³/mol. The molecule has 3 nitrogen and oxygen atoms in total. The molecule has 0 spiro atoms. The second-order valence-corrected chi connectivity index (χ2v) is 5.01. The zero-order chi connectivity index (χ0) is 14.5. The summed E-state index contributed by atoms with van der Waals surface area (Å²) in [6.07, 6.45) is -0.0576. The minimum atomic E-state index is -0.606. The largest absolute Gasteiger partial charge is 0.496 e. The maximum atomic E-state index is 10.3. The SMILES string of the molecule is COc1ccc([C@H](N)[C@H](O)Cc2ccccc2)cc1C.Cl. The summed E-state index contributed by atoms with van der Waals surface area (Å²) in [5.74, 6) is 0.832. The summed E-state index contributed by atoms with van der Waals surface area (Å²) in [5, 5.41) is 10.3. The Morgan fingerprint density at radius 2 is 1.81 bits per heavy atom. The van der Waals surface area contributed by atoms with Gasteiger partial charge in [-0.2, -0.15) is 0 Å². The van der Waals surface area contributed by atoms with Crippen molar-refractivity contribution in [1.82, 2.24) is 0 Å². The van der Waals surface area contributed by atoms with Gasteiger partial charge < -0.3 is 15.6 Å². The fourth-order valence-electron chi connectivity index (χ4n) is 2.31. The molecule has 114 valence electrons. The summed E-state index contributed by atoms with van der Waals surface area (Å²) < 4.78 is 5.23. The number of aryl methyl sites for hydroxylation is 1. The number of hydrogen-bond donors (Lipinski definition) is 2. The van der Waals surface area contributed by atoms with Gasteiger partial charge in [0.1, 0.15) is 5.75 Å². The normalized spacial score (nSPS) is 13.1. The first-order valence-corrected chi connectivity index (χ1v) is 6.74. The van der Waals surface area contributed by atoms with Crippen LogP contribution in [0.3, 0.4) is 0 Å². The van der Waals surface area contributed by atoms with Gasteiger partial charge in [-0.05, 0) is 29.7 Å². The Morgan fingerprint density at radius 1 is 1.14 bits per heavy atom. The zero-order valence-electron chi connectivity index (χ0n) is 12.3. The van der Waals surface area contributed by atoms with Crippen LogP contribution in [0.25, 0.3) is 0 Å². The number of aliphatic hydroxyl groups is 1. The summed E-state index contributed by atoms with van der Waals surface area (Å²) in [6, 6.07) is 15.2. The minimum absolute atomic E-state index is 0. The molecule has 0 aliphatic heterocycles. The number of nitrogens with two attached hydrogens (primary N) is 1. The highest BCUT2D eigenvalue weighted by molar-refractivity contribution is 5.85. The Bertz CT molecular complexity index is 560. The van der Waals surface area contributed by atoms with Crippen LogP contribution in [0, 0.1) is 6.92 Å². The lowest BCUT2D eigenvalue weighted by Crippen LogP contribution is -2.28. The molecule has 0 unspecified atom stereocenters. The van der Waals surface area contributed by atoms with E-state index in [2.05, 4.69) is 0 Å². The third-order valence-corrected chi connectivity index (χ3v) is 3.51. The number of aliphatic hydroxyl groups excluding tert-OH is 1. The van der Waals surface area contributed by atoms with Gasteiger partial charge in [-0.15, -0.1) is 12.4 Å². The molecule has 0 radical (unpaired) electrons. The van der Waals surface area contributed by atoms with Crippen LogP contribution in [0.4, 0.5) is 0 Å². The van der Waals surface area contributed by atoms with Gasteiger partial charge in [-0.1, -0.05) is 42.5 Å². The number of rotatable bonds is 5. The van der Waals surface area contributed by atoms with Crippen molar-refractivity contribution in [3.8, 4) is 5.75 Å². The van der Waals surface area contributed by atoms with Crippen LogP contribution in [0.5, 0.6) is 5.75 Å². The van der Waals surface area contributed by atoms with Gasteiger partial charge in [-0.3, -0.25) is 0 Å². The van der Waals surface area contributed by atoms with Gasteiger partial charge in [0.15, 0.2) is 0 Å². The molecule has 2 rings (SSSR count). The Hall–Kier alpha value is -1.55. The van der Waals surface area contributed by atoms with Gasteiger partial charge in [0.25, 0.3) is 0 Å². The molecular weight excluding hydrogens is 286 g/mol. The van der Waals surface area contributed by atoms with Crippen molar-refractivity contribution in [1.29, 1.82) is 0 Å². The van der Waals surface area contributed by atoms with E-state index in [-0.39, 0.29) is 12.4 Å². The molecule has 2 aromatic carbocycles. The number of hydrogen-bond acceptors (Lipinski definition) is 3. The molecule has 2 aromatic rings. The van der Waals surface area contributed by atoms with E-state index in [1.165, 1.54) is 0 Å². The second-order valence-electron chi connectivity index (χ2n) is 5.01. The fraction of sp³-hybridized carbons (Fsp3) is 0.294. The Kier molecular flexibility index (Phi) is 6.69. The van der Waals surface area contributed by atoms with Gasteiger partial charge in [0.05, 0.1) is 19.3 Å². The van der Waals surface area contributed by atoms with E-state index < -0.39 is 12.1 Å². The Morgan fingerprint density at radius 3 is 2.38 bits per heavy atom. The first-order valence-electron chi connectivity index (χ1n) is 6.74. The van der Waals surface area contributed by atoms with Gasteiger partial charge in [-0.25, -0.2) is 0 Å². The quantitative estimate of drug-likeness (QED) is 0.892. The summed E-state index contributed by atoms with van der Waals surface area (Å²) in [4.78, 5) is 0. The molecule has 0 aromatic heterocycles. The van der Waals surface area contributed by atoms with E-state index in [1.807, 2.05) is 55.5 Å². The average molecular weight is 308 g/mol. The van der Waals surface area contributed by atoms with Crippen LogP contribution in [-0.4, -0.2) is 18.3 Å². The average Bonchev–Trinajstić information content (AvgIpc) is 2.47. The van der Waals surface area contributed by atoms with E-state index in [1.54, 1.807) is 7.11 Å². The molecule has 0 amide bonds. The summed E-state index contributed by atoms with van der Waals surface area (Å²) >= 11 is 0. The Balaban J connectivity index is 0.00000220. The molecule has 0 saturated heterocycles. The van der Waals surface area contributed by atoms with Crippen molar-refractivity contribution in [2.45, 2.75) is 25.5 Å².